The van der Waals surface area contributed by atoms with Crippen LogP contribution >= 0.6 is 27.0 Å². The van der Waals surface area contributed by atoms with Crippen molar-refractivity contribution in [2.45, 2.75) is 67.8 Å². The van der Waals surface area contributed by atoms with Gasteiger partial charge in [0, 0.05) is 17.5 Å². The molecule has 0 radical (unpaired) electrons. The number of carbonyl (C=O) groups is 1. The lowest BCUT2D eigenvalue weighted by Crippen LogP contribution is -2.58. The number of aliphatic hydroxyl groups is 6. The average molecular weight is 720 g/mol. The first-order chi connectivity index (χ1) is 21.5. The molecule has 2 fully saturated rings. The highest BCUT2D eigenvalue weighted by Gasteiger charge is 2.52. The first kappa shape index (κ1) is 36.8. The Morgan fingerprint density at radius 1 is 0.957 bits per heavy atom. The van der Waals surface area contributed by atoms with Crippen molar-refractivity contribution in [3.8, 4) is 10.4 Å². The number of phosphoric ester groups is 2. The highest BCUT2D eigenvalue weighted by molar-refractivity contribution is 7.47. The number of nitrogens with one attached hydrogen (secondary N) is 1. The molecule has 0 amide bonds. The number of aromatic amines is 1. The number of aliphatic hydroxyl groups excluding tert-OH is 6. The molecular weight excluding hydrogens is 690 g/mol. The molecule has 2 aliphatic rings. The molecule has 0 aliphatic carbocycles. The van der Waals surface area contributed by atoms with E-state index in [0.717, 1.165) is 17.5 Å². The van der Waals surface area contributed by atoms with Gasteiger partial charge in [0.05, 0.1) is 29.8 Å². The minimum absolute atomic E-state index is 0.168. The molecule has 10 N–H and O–H groups in total. The summed E-state index contributed by atoms with van der Waals surface area (Å²) < 4.78 is 49.5. The SMILES string of the molecule is O=Cc1ccc(-c2cn([C@@H]3O[C@H](C(OP(=O)(O)O)OP(=O)(O)OCC[C@H]4O[C@H](CO)[C@H](O)[C@H](O)[C@H]4O)[C@@H](O)[C@H]3O)c(=O)[nH]c2=O)s1. The largest absolute Gasteiger partial charge is 0.474 e. The molecular formula is C22H30N2O19P2S. The van der Waals surface area contributed by atoms with Gasteiger partial charge in [0.2, 0.25) is 6.29 Å². The Balaban J connectivity index is 1.52. The molecule has 0 spiro atoms. The molecule has 2 aliphatic heterocycles. The zero-order valence-corrected chi connectivity index (χ0v) is 25.7. The smallest absolute Gasteiger partial charge is 0.394 e. The summed E-state index contributed by atoms with van der Waals surface area (Å²) in [5, 5.41) is 60.5. The Labute approximate surface area is 260 Å². The summed E-state index contributed by atoms with van der Waals surface area (Å²) in [6, 6.07) is 2.79. The number of phosphoric acid groups is 2. The van der Waals surface area contributed by atoms with Crippen molar-refractivity contribution in [3.63, 3.8) is 0 Å². The van der Waals surface area contributed by atoms with Crippen LogP contribution in [0, 0.1) is 0 Å². The van der Waals surface area contributed by atoms with Crippen LogP contribution in [0.1, 0.15) is 22.3 Å². The maximum absolute atomic E-state index is 12.7. The maximum Gasteiger partial charge on any atom is 0.474 e. The Kier molecular flexibility index (Phi) is 11.7. The second-order valence-electron chi connectivity index (χ2n) is 10.0. The summed E-state index contributed by atoms with van der Waals surface area (Å²) in [5.41, 5.74) is -2.23. The number of thiophene rings is 1. The number of aldehydes is 1. The predicted molar refractivity (Wildman–Crippen MR) is 148 cm³/mol. The molecule has 2 saturated heterocycles. The summed E-state index contributed by atoms with van der Waals surface area (Å²) in [4.78, 5) is 67.6. The maximum atomic E-state index is 12.7. The van der Waals surface area contributed by atoms with Gasteiger partial charge in [0.15, 0.2) is 12.5 Å². The highest BCUT2D eigenvalue weighted by Crippen LogP contribution is 2.51. The Bertz CT molecular complexity index is 1590. The van der Waals surface area contributed by atoms with Crippen LogP contribution in [0.5, 0.6) is 0 Å². The fourth-order valence-electron chi connectivity index (χ4n) is 4.69. The Morgan fingerprint density at radius 2 is 1.63 bits per heavy atom. The number of rotatable bonds is 13. The molecule has 4 rings (SSSR count). The predicted octanol–water partition coefficient (Wildman–Crippen LogP) is -3.50. The van der Waals surface area contributed by atoms with Gasteiger partial charge in [-0.3, -0.25) is 32.7 Å². The summed E-state index contributed by atoms with van der Waals surface area (Å²) in [6.45, 7) is -1.54. The molecule has 258 valence electrons. The molecule has 0 aromatic carbocycles. The van der Waals surface area contributed by atoms with Crippen molar-refractivity contribution >= 4 is 33.3 Å². The van der Waals surface area contributed by atoms with E-state index in [1.54, 1.807) is 0 Å². The van der Waals surface area contributed by atoms with Crippen LogP contribution in [0.15, 0.2) is 27.9 Å². The molecule has 4 heterocycles. The normalized spacial score (nSPS) is 32.2. The fourth-order valence-corrected chi connectivity index (χ4v) is 6.84. The van der Waals surface area contributed by atoms with Crippen LogP contribution in [0.25, 0.3) is 10.4 Å². The van der Waals surface area contributed by atoms with E-state index in [-0.39, 0.29) is 15.3 Å². The quantitative estimate of drug-likeness (QED) is 0.0545. The van der Waals surface area contributed by atoms with Crippen molar-refractivity contribution in [1.29, 1.82) is 0 Å². The van der Waals surface area contributed by atoms with E-state index in [1.807, 2.05) is 4.98 Å². The first-order valence-electron chi connectivity index (χ1n) is 13.1. The van der Waals surface area contributed by atoms with Gasteiger partial charge >= 0.3 is 21.3 Å². The minimum atomic E-state index is -5.60. The summed E-state index contributed by atoms with van der Waals surface area (Å²) in [6.07, 6.45) is -17.8. The molecule has 24 heteroatoms. The number of ether oxygens (including phenoxy) is 2. The Morgan fingerprint density at radius 3 is 2.24 bits per heavy atom. The zero-order chi connectivity index (χ0) is 34.1. The molecule has 11 atom stereocenters. The van der Waals surface area contributed by atoms with Crippen molar-refractivity contribution in [2.75, 3.05) is 13.2 Å². The fraction of sp³-hybridized carbons (Fsp3) is 0.591. The van der Waals surface area contributed by atoms with E-state index in [0.29, 0.717) is 10.9 Å². The van der Waals surface area contributed by atoms with E-state index in [2.05, 4.69) is 4.52 Å². The number of aromatic nitrogens is 2. The number of carbonyl (C=O) groups excluding carboxylic acids is 1. The topological polar surface area (TPSA) is 334 Å². The van der Waals surface area contributed by atoms with E-state index in [1.165, 1.54) is 12.1 Å². The van der Waals surface area contributed by atoms with Crippen LogP contribution in [0.2, 0.25) is 0 Å². The lowest BCUT2D eigenvalue weighted by atomic mass is 9.94. The number of nitrogens with zero attached hydrogens (tertiary/aromatic N) is 1. The number of H-pyrrole nitrogens is 1. The van der Waals surface area contributed by atoms with Crippen molar-refractivity contribution in [2.24, 2.45) is 0 Å². The van der Waals surface area contributed by atoms with E-state index in [4.69, 9.17) is 18.5 Å². The van der Waals surface area contributed by atoms with Crippen molar-refractivity contribution < 1.29 is 82.3 Å². The van der Waals surface area contributed by atoms with Gasteiger partial charge in [-0.1, -0.05) is 0 Å². The molecule has 2 aromatic rings. The summed E-state index contributed by atoms with van der Waals surface area (Å²) >= 11 is 0.882. The molecule has 0 saturated carbocycles. The highest BCUT2D eigenvalue weighted by atomic mass is 32.1. The van der Waals surface area contributed by atoms with Crippen LogP contribution in [0.3, 0.4) is 0 Å². The summed E-state index contributed by atoms with van der Waals surface area (Å²) in [7, 11) is -11.0. The van der Waals surface area contributed by atoms with Gasteiger partial charge in [-0.2, -0.15) is 0 Å². The van der Waals surface area contributed by atoms with Crippen LogP contribution in [-0.4, -0.2) is 129 Å². The summed E-state index contributed by atoms with van der Waals surface area (Å²) in [5.74, 6) is 0. The average Bonchev–Trinajstić information content (AvgIpc) is 3.56. The molecule has 0 bridgehead atoms. The van der Waals surface area contributed by atoms with E-state index in [9.17, 15) is 68.8 Å². The third-order valence-electron chi connectivity index (χ3n) is 6.92. The molecule has 2 unspecified atom stereocenters. The number of hydrogen-bond donors (Lipinski definition) is 10. The van der Waals surface area contributed by atoms with Crippen LogP contribution in [-0.2, 0) is 32.2 Å². The first-order valence-corrected chi connectivity index (χ1v) is 16.9. The standard InChI is InChI=1S/C22H30N2O19P2S/c25-6-8-1-2-12(46-8)9-5-24(22(33)23-19(9)32)20-17(31)16(30)18(41-20)21(42-44(34,35)36)43-45(37,38)39-4-3-10-13(27)15(29)14(28)11(7-26)40-10/h1-2,5-6,10-11,13-18,20-21,26-31H,3-4,7H2,(H,37,38)(H,23,32,33)(H2,34,35,36)/t10-,11-,13+,14+,15-,16+,17-,18+,20-,21?/m1/s1. The molecule has 46 heavy (non-hydrogen) atoms. The second-order valence-corrected chi connectivity index (χ2v) is 13.7. The van der Waals surface area contributed by atoms with Crippen molar-refractivity contribution in [1.82, 2.24) is 9.55 Å². The lowest BCUT2D eigenvalue weighted by molar-refractivity contribution is -0.231. The lowest BCUT2D eigenvalue weighted by Gasteiger charge is -2.40. The van der Waals surface area contributed by atoms with Gasteiger partial charge in [0.25, 0.3) is 5.56 Å². The van der Waals surface area contributed by atoms with Crippen LogP contribution in [0.4, 0.5) is 0 Å². The molecule has 21 nitrogen and oxygen atoms in total. The van der Waals surface area contributed by atoms with Gasteiger partial charge in [0.1, 0.15) is 42.7 Å². The van der Waals surface area contributed by atoms with E-state index < -0.39 is 108 Å². The van der Waals surface area contributed by atoms with Crippen molar-refractivity contribution in [3.05, 3.63) is 44.0 Å². The van der Waals surface area contributed by atoms with Gasteiger partial charge in [-0.15, -0.1) is 11.3 Å². The zero-order valence-electron chi connectivity index (χ0n) is 23.1. The van der Waals surface area contributed by atoms with Gasteiger partial charge in [-0.05, 0) is 12.1 Å². The number of hydrogen-bond acceptors (Lipinski definition) is 17. The third kappa shape index (κ3) is 8.32. The minimum Gasteiger partial charge on any atom is -0.394 e. The van der Waals surface area contributed by atoms with Gasteiger partial charge in [-0.25, -0.2) is 13.9 Å². The van der Waals surface area contributed by atoms with Crippen LogP contribution < -0.4 is 11.2 Å². The second kappa shape index (κ2) is 14.6. The molecule has 2 aromatic heterocycles. The third-order valence-corrected chi connectivity index (χ3v) is 9.43. The van der Waals surface area contributed by atoms with Gasteiger partial charge < -0.3 is 54.8 Å². The monoisotopic (exact) mass is 720 g/mol. The van der Waals surface area contributed by atoms with E-state index >= 15 is 0 Å². The Hall–Kier alpha value is -2.05.